The molecule has 4 heteroatoms. The van der Waals surface area contributed by atoms with Crippen molar-refractivity contribution in [3.63, 3.8) is 0 Å². The molecule has 0 atom stereocenters. The van der Waals surface area contributed by atoms with E-state index in [9.17, 15) is 12.6 Å². The van der Waals surface area contributed by atoms with Crippen LogP contribution < -0.4 is 0 Å². The predicted molar refractivity (Wildman–Crippen MR) is 37.9 cm³/mol. The van der Waals surface area contributed by atoms with Gasteiger partial charge in [-0.3, -0.25) is 8.22 Å². The second-order valence-electron chi connectivity index (χ2n) is 2.24. The fraction of sp³-hybridized carbons (Fsp3) is 0.667. The van der Waals surface area contributed by atoms with Crippen molar-refractivity contribution in [3.8, 4) is 0 Å². The van der Waals surface area contributed by atoms with Crippen molar-refractivity contribution >= 4 is 8.74 Å². The van der Waals surface area contributed by atoms with Crippen LogP contribution in [0.2, 0.25) is 6.04 Å². The van der Waals surface area contributed by atoms with E-state index in [1.165, 1.54) is 0 Å². The van der Waals surface area contributed by atoms with Gasteiger partial charge in [-0.2, -0.15) is 0 Å². The summed E-state index contributed by atoms with van der Waals surface area (Å²) in [6, 6.07) is -0.145. The molecule has 0 saturated heterocycles. The van der Waals surface area contributed by atoms with Crippen LogP contribution in [0, 0.1) is 0 Å². The molecule has 0 aromatic rings. The zero-order chi connectivity index (χ0) is 8.20. The molecule has 0 saturated carbocycles. The average Bonchev–Trinajstić information content (AvgIpc) is 1.59. The van der Waals surface area contributed by atoms with Gasteiger partial charge in [0.05, 0.1) is 5.83 Å². The average molecular weight is 168 g/mol. The van der Waals surface area contributed by atoms with Gasteiger partial charge in [0.1, 0.15) is 0 Å². The molecule has 0 fully saturated rings. The van der Waals surface area contributed by atoms with E-state index in [0.29, 0.717) is 12.1 Å². The fourth-order valence-electron chi connectivity index (χ4n) is 0.696. The molecule has 0 aliphatic carbocycles. The topological polar surface area (TPSA) is 0 Å². The second kappa shape index (κ2) is 3.80. The lowest BCUT2D eigenvalue weighted by Gasteiger charge is -2.04. The van der Waals surface area contributed by atoms with E-state index in [1.807, 2.05) is 0 Å². The van der Waals surface area contributed by atoms with Gasteiger partial charge in [0.2, 0.25) is 0 Å². The summed E-state index contributed by atoms with van der Waals surface area (Å²) in [5, 5.41) is 0. The molecule has 60 valence electrons. The summed E-state index contributed by atoms with van der Waals surface area (Å²) in [6.45, 7) is 2.72. The maximum atomic E-state index is 12.5. The Bertz CT molecular complexity index is 127. The van der Waals surface area contributed by atoms with E-state index >= 15 is 0 Å². The molecule has 0 unspecified atom stereocenters. The van der Waals surface area contributed by atoms with Crippen LogP contribution in [0.3, 0.4) is 0 Å². The smallest absolute Gasteiger partial charge is 0.265 e. The van der Waals surface area contributed by atoms with Gasteiger partial charge in [-0.1, -0.05) is 13.3 Å². The molecule has 0 aliphatic heterocycles. The van der Waals surface area contributed by atoms with Crippen molar-refractivity contribution in [2.24, 2.45) is 0 Å². The highest BCUT2D eigenvalue weighted by molar-refractivity contribution is 6.71. The molecule has 0 bridgehead atoms. The number of halogens is 3. The predicted octanol–water partition coefficient (Wildman–Crippen LogP) is 3.19. The van der Waals surface area contributed by atoms with Crippen LogP contribution in [0.1, 0.15) is 20.3 Å². The maximum absolute atomic E-state index is 12.5. The molecular weight excluding hydrogens is 157 g/mol. The Hall–Kier alpha value is -0.253. The zero-order valence-corrected chi connectivity index (χ0v) is 7.13. The standard InChI is InChI=1S/C6H11F3Si/c1-3-4-10(8,9)5-6(2)7/h5H,3-4H2,1-2H3. The lowest BCUT2D eigenvalue weighted by atomic mass is 10.6. The van der Waals surface area contributed by atoms with Gasteiger partial charge in [0, 0.05) is 6.04 Å². The summed E-state index contributed by atoms with van der Waals surface area (Å²) in [5.41, 5.74) is 0.497. The molecule has 0 aliphatic rings. The van der Waals surface area contributed by atoms with Crippen LogP contribution >= 0.6 is 0 Å². The third-order valence-electron chi connectivity index (χ3n) is 0.993. The van der Waals surface area contributed by atoms with Gasteiger partial charge in [0.15, 0.2) is 0 Å². The minimum Gasteiger partial charge on any atom is -0.265 e. The molecule has 0 rings (SSSR count). The van der Waals surface area contributed by atoms with Crippen molar-refractivity contribution < 1.29 is 12.6 Å². The largest absolute Gasteiger partial charge is 0.451 e. The molecular formula is C6H11F3Si. The molecule has 0 aromatic heterocycles. The van der Waals surface area contributed by atoms with Gasteiger partial charge in [-0.15, -0.1) is 0 Å². The third-order valence-corrected chi connectivity index (χ3v) is 2.98. The first-order chi connectivity index (χ1) is 4.48. The van der Waals surface area contributed by atoms with Crippen molar-refractivity contribution in [1.82, 2.24) is 0 Å². The van der Waals surface area contributed by atoms with Crippen LogP contribution in [0.5, 0.6) is 0 Å². The van der Waals surface area contributed by atoms with Gasteiger partial charge in [-0.05, 0) is 12.6 Å². The third kappa shape index (κ3) is 4.61. The van der Waals surface area contributed by atoms with E-state index in [1.54, 1.807) is 6.92 Å². The summed E-state index contributed by atoms with van der Waals surface area (Å²) < 4.78 is 36.9. The number of hydrogen-bond donors (Lipinski definition) is 0. The van der Waals surface area contributed by atoms with Gasteiger partial charge >= 0.3 is 8.74 Å². The highest BCUT2D eigenvalue weighted by atomic mass is 28.4. The molecule has 0 N–H and O–H groups in total. The maximum Gasteiger partial charge on any atom is 0.451 e. The minimum atomic E-state index is -4.30. The Labute approximate surface area is 60.1 Å². The Morgan fingerprint density at radius 2 is 2.00 bits per heavy atom. The van der Waals surface area contributed by atoms with Crippen LogP contribution in [0.15, 0.2) is 11.5 Å². The SMILES string of the molecule is CCC[Si](F)(F)C=C(C)F. The lowest BCUT2D eigenvalue weighted by Crippen LogP contribution is -2.18. The molecule has 0 heterocycles. The first kappa shape index (κ1) is 9.75. The fourth-order valence-corrected chi connectivity index (χ4v) is 2.09. The summed E-state index contributed by atoms with van der Waals surface area (Å²) in [7, 11) is -4.30. The second-order valence-corrected chi connectivity index (χ2v) is 4.55. The van der Waals surface area contributed by atoms with E-state index in [2.05, 4.69) is 0 Å². The summed E-state index contributed by atoms with van der Waals surface area (Å²) >= 11 is 0. The van der Waals surface area contributed by atoms with Gasteiger partial charge < -0.3 is 0 Å². The summed E-state index contributed by atoms with van der Waals surface area (Å²) in [4.78, 5) is 0. The normalized spacial score (nSPS) is 13.9. The van der Waals surface area contributed by atoms with Crippen LogP contribution in [0.4, 0.5) is 12.6 Å². The van der Waals surface area contributed by atoms with Crippen molar-refractivity contribution in [3.05, 3.63) is 11.5 Å². The number of allylic oxidation sites excluding steroid dienone is 1. The molecule has 0 spiro atoms. The minimum absolute atomic E-state index is 0.145. The quantitative estimate of drug-likeness (QED) is 0.448. The Morgan fingerprint density at radius 1 is 1.50 bits per heavy atom. The summed E-state index contributed by atoms with van der Waals surface area (Å²) in [5.74, 6) is -0.759. The van der Waals surface area contributed by atoms with Crippen LogP contribution in [0.25, 0.3) is 0 Å². The molecule has 0 nitrogen and oxygen atoms in total. The van der Waals surface area contributed by atoms with Gasteiger partial charge in [-0.25, -0.2) is 4.39 Å². The van der Waals surface area contributed by atoms with Crippen molar-refractivity contribution in [2.45, 2.75) is 26.3 Å². The molecule has 0 radical (unpaired) electrons. The Kier molecular flexibility index (Phi) is 3.71. The number of rotatable bonds is 3. The van der Waals surface area contributed by atoms with E-state index in [-0.39, 0.29) is 6.04 Å². The Morgan fingerprint density at radius 3 is 2.30 bits per heavy atom. The monoisotopic (exact) mass is 168 g/mol. The van der Waals surface area contributed by atoms with E-state index < -0.39 is 14.6 Å². The van der Waals surface area contributed by atoms with Crippen molar-refractivity contribution in [1.29, 1.82) is 0 Å². The lowest BCUT2D eigenvalue weighted by molar-refractivity contribution is 0.595. The number of hydrogen-bond acceptors (Lipinski definition) is 0. The van der Waals surface area contributed by atoms with Crippen LogP contribution in [-0.2, 0) is 0 Å². The zero-order valence-electron chi connectivity index (χ0n) is 6.13. The van der Waals surface area contributed by atoms with Crippen LogP contribution in [-0.4, -0.2) is 8.74 Å². The van der Waals surface area contributed by atoms with Crippen molar-refractivity contribution in [2.75, 3.05) is 0 Å². The van der Waals surface area contributed by atoms with E-state index in [4.69, 9.17) is 0 Å². The first-order valence-corrected chi connectivity index (χ1v) is 5.25. The van der Waals surface area contributed by atoms with E-state index in [0.717, 1.165) is 6.92 Å². The Balaban J connectivity index is 3.98. The molecule has 0 aromatic carbocycles. The molecule has 0 amide bonds. The highest BCUT2D eigenvalue weighted by Gasteiger charge is 2.31. The van der Waals surface area contributed by atoms with Gasteiger partial charge in [0.25, 0.3) is 0 Å². The summed E-state index contributed by atoms with van der Waals surface area (Å²) in [6.07, 6.45) is 0.420. The molecule has 10 heavy (non-hydrogen) atoms. The highest BCUT2D eigenvalue weighted by Crippen LogP contribution is 2.18. The first-order valence-electron chi connectivity index (χ1n) is 3.20.